The Morgan fingerprint density at radius 3 is 2.17 bits per heavy atom. The summed E-state index contributed by atoms with van der Waals surface area (Å²) in [5.74, 6) is 0.661. The molecule has 2 bridgehead atoms. The van der Waals surface area contributed by atoms with Gasteiger partial charge in [0.2, 0.25) is 11.8 Å². The zero-order valence-electron chi connectivity index (χ0n) is 16.0. The van der Waals surface area contributed by atoms with Gasteiger partial charge in [0.15, 0.2) is 0 Å². The molecule has 3 fully saturated rings. The number of carbonyl (C=O) groups is 3. The average molecular weight is 419 g/mol. The summed E-state index contributed by atoms with van der Waals surface area (Å²) in [6, 6.07) is 13.6. The van der Waals surface area contributed by atoms with Crippen LogP contribution in [-0.4, -0.2) is 17.7 Å². The van der Waals surface area contributed by atoms with E-state index in [4.69, 9.17) is 11.6 Å². The van der Waals surface area contributed by atoms with Crippen molar-refractivity contribution in [1.29, 1.82) is 0 Å². The Bertz CT molecular complexity index is 1090. The van der Waals surface area contributed by atoms with Crippen LogP contribution >= 0.6 is 11.6 Å². The van der Waals surface area contributed by atoms with E-state index < -0.39 is 0 Å². The van der Waals surface area contributed by atoms with E-state index in [1.54, 1.807) is 48.5 Å². The van der Waals surface area contributed by atoms with Crippen LogP contribution in [0.1, 0.15) is 16.8 Å². The Hall–Kier alpha value is -2.92. The first-order valence-corrected chi connectivity index (χ1v) is 10.6. The Morgan fingerprint density at radius 2 is 1.57 bits per heavy atom. The molecule has 0 unspecified atom stereocenters. The highest BCUT2D eigenvalue weighted by Gasteiger charge is 2.67. The van der Waals surface area contributed by atoms with Crippen molar-refractivity contribution >= 4 is 40.7 Å². The molecule has 3 amide bonds. The number of halogens is 1. The molecule has 1 heterocycles. The molecule has 2 saturated carbocycles. The molecule has 4 aliphatic carbocycles. The monoisotopic (exact) mass is 418 g/mol. The predicted octanol–water partition coefficient (Wildman–Crippen LogP) is 4.15. The summed E-state index contributed by atoms with van der Waals surface area (Å²) in [4.78, 5) is 40.2. The maximum atomic E-state index is 13.2. The first-order chi connectivity index (χ1) is 14.5. The van der Waals surface area contributed by atoms with E-state index in [1.165, 1.54) is 4.90 Å². The molecule has 5 aliphatic rings. The van der Waals surface area contributed by atoms with Crippen molar-refractivity contribution in [2.75, 3.05) is 10.2 Å². The predicted molar refractivity (Wildman–Crippen MR) is 113 cm³/mol. The number of nitrogens with zero attached hydrogens (tertiary/aromatic N) is 1. The minimum Gasteiger partial charge on any atom is -0.322 e. The van der Waals surface area contributed by atoms with E-state index in [-0.39, 0.29) is 41.4 Å². The van der Waals surface area contributed by atoms with Crippen molar-refractivity contribution in [1.82, 2.24) is 0 Å². The highest BCUT2D eigenvalue weighted by atomic mass is 35.5. The maximum absolute atomic E-state index is 13.2. The van der Waals surface area contributed by atoms with E-state index in [0.29, 0.717) is 33.8 Å². The van der Waals surface area contributed by atoms with E-state index in [1.807, 2.05) is 0 Å². The number of carbonyl (C=O) groups excluding carboxylic acids is 3. The van der Waals surface area contributed by atoms with Gasteiger partial charge >= 0.3 is 0 Å². The maximum Gasteiger partial charge on any atom is 0.255 e. The van der Waals surface area contributed by atoms with Crippen LogP contribution in [0.25, 0.3) is 0 Å². The van der Waals surface area contributed by atoms with Gasteiger partial charge in [-0.15, -0.1) is 0 Å². The summed E-state index contributed by atoms with van der Waals surface area (Å²) >= 11 is 5.96. The largest absolute Gasteiger partial charge is 0.322 e. The zero-order valence-corrected chi connectivity index (χ0v) is 16.8. The molecule has 0 aromatic heterocycles. The topological polar surface area (TPSA) is 66.5 Å². The molecule has 0 radical (unpaired) electrons. The van der Waals surface area contributed by atoms with Crippen molar-refractivity contribution in [3.8, 4) is 0 Å². The number of benzene rings is 2. The molecule has 1 aliphatic heterocycles. The lowest BCUT2D eigenvalue weighted by molar-refractivity contribution is -0.124. The van der Waals surface area contributed by atoms with Gasteiger partial charge in [0.1, 0.15) is 0 Å². The Kier molecular flexibility index (Phi) is 3.75. The van der Waals surface area contributed by atoms with Gasteiger partial charge in [0, 0.05) is 16.3 Å². The molecule has 6 heteroatoms. The summed E-state index contributed by atoms with van der Waals surface area (Å²) in [7, 11) is 0. The SMILES string of the molecule is O=C(Nc1cccc(Cl)c1)c1ccc(N2C(=O)[C@@H]3[C@H]4C=C[C@@H]([C@@H]5C[C@@H]45)[C@H]3C2=O)cc1. The van der Waals surface area contributed by atoms with E-state index in [9.17, 15) is 14.4 Å². The summed E-state index contributed by atoms with van der Waals surface area (Å²) in [6.45, 7) is 0. The van der Waals surface area contributed by atoms with Crippen molar-refractivity contribution in [2.24, 2.45) is 35.5 Å². The number of amides is 3. The summed E-state index contributed by atoms with van der Waals surface area (Å²) in [5.41, 5.74) is 1.58. The Morgan fingerprint density at radius 1 is 0.933 bits per heavy atom. The van der Waals surface area contributed by atoms with Crippen LogP contribution in [0.3, 0.4) is 0 Å². The number of allylic oxidation sites excluding steroid dienone is 2. The van der Waals surface area contributed by atoms with Crippen molar-refractivity contribution in [3.63, 3.8) is 0 Å². The normalized spacial score (nSPS) is 32.8. The second-order valence-electron chi connectivity index (χ2n) is 8.68. The third kappa shape index (κ3) is 2.51. The fourth-order valence-electron chi connectivity index (χ4n) is 5.74. The number of rotatable bonds is 3. The van der Waals surface area contributed by atoms with Crippen LogP contribution in [0, 0.1) is 35.5 Å². The van der Waals surface area contributed by atoms with Gasteiger partial charge in [-0.25, -0.2) is 0 Å². The number of nitrogens with one attached hydrogen (secondary N) is 1. The Labute approximate surface area is 178 Å². The van der Waals surface area contributed by atoms with Gasteiger partial charge < -0.3 is 5.32 Å². The molecular formula is C24H19ClN2O3. The van der Waals surface area contributed by atoms with Crippen LogP contribution in [0.15, 0.2) is 60.7 Å². The molecule has 2 aromatic rings. The highest BCUT2D eigenvalue weighted by molar-refractivity contribution is 6.31. The van der Waals surface area contributed by atoms with E-state index in [2.05, 4.69) is 17.5 Å². The van der Waals surface area contributed by atoms with Gasteiger partial charge in [0.05, 0.1) is 17.5 Å². The van der Waals surface area contributed by atoms with Crippen LogP contribution in [0.4, 0.5) is 11.4 Å². The van der Waals surface area contributed by atoms with Crippen LogP contribution in [-0.2, 0) is 9.59 Å². The van der Waals surface area contributed by atoms with Crippen molar-refractivity contribution in [3.05, 3.63) is 71.3 Å². The lowest BCUT2D eigenvalue weighted by Gasteiger charge is -2.37. The second-order valence-corrected chi connectivity index (χ2v) is 9.11. The molecule has 7 rings (SSSR count). The quantitative estimate of drug-likeness (QED) is 0.601. The third-order valence-electron chi connectivity index (χ3n) is 7.13. The van der Waals surface area contributed by atoms with Gasteiger partial charge in [0.25, 0.3) is 5.91 Å². The lowest BCUT2D eigenvalue weighted by atomic mass is 9.63. The minimum absolute atomic E-state index is 0.0918. The molecule has 5 nitrogen and oxygen atoms in total. The molecule has 2 aromatic carbocycles. The van der Waals surface area contributed by atoms with Crippen LogP contribution in [0.5, 0.6) is 0 Å². The van der Waals surface area contributed by atoms with Crippen molar-refractivity contribution in [2.45, 2.75) is 6.42 Å². The molecular weight excluding hydrogens is 400 g/mol. The molecule has 150 valence electrons. The fraction of sp³-hybridized carbons (Fsp3) is 0.292. The lowest BCUT2D eigenvalue weighted by Crippen LogP contribution is -2.40. The second kappa shape index (κ2) is 6.29. The third-order valence-corrected chi connectivity index (χ3v) is 7.37. The molecule has 1 saturated heterocycles. The van der Waals surface area contributed by atoms with Crippen molar-refractivity contribution < 1.29 is 14.4 Å². The van der Waals surface area contributed by atoms with Crippen LogP contribution in [0.2, 0.25) is 5.02 Å². The summed E-state index contributed by atoms with van der Waals surface area (Å²) < 4.78 is 0. The number of imide groups is 1. The van der Waals surface area contributed by atoms with Gasteiger partial charge in [-0.1, -0.05) is 29.8 Å². The first-order valence-electron chi connectivity index (χ1n) is 10.3. The number of anilines is 2. The minimum atomic E-state index is -0.279. The van der Waals surface area contributed by atoms with Gasteiger partial charge in [-0.2, -0.15) is 0 Å². The Balaban J connectivity index is 1.23. The van der Waals surface area contributed by atoms with Gasteiger partial charge in [-0.05, 0) is 72.6 Å². The summed E-state index contributed by atoms with van der Waals surface area (Å²) in [6.07, 6.45) is 5.47. The summed E-state index contributed by atoms with van der Waals surface area (Å²) in [5, 5.41) is 3.34. The number of hydrogen-bond acceptors (Lipinski definition) is 3. The molecule has 30 heavy (non-hydrogen) atoms. The molecule has 1 N–H and O–H groups in total. The fourth-order valence-corrected chi connectivity index (χ4v) is 5.93. The standard InChI is InChI=1S/C24H19ClN2O3/c25-13-2-1-3-14(10-13)26-22(28)12-4-6-15(7-5-12)27-23(29)20-16-8-9-17(19-11-18(16)19)21(20)24(27)30/h1-10,16-21H,11H2,(H,26,28)/t16-,17-,18-,19-,20+,21+/m0/s1. The first kappa shape index (κ1) is 17.9. The molecule has 6 atom stereocenters. The van der Waals surface area contributed by atoms with E-state index >= 15 is 0 Å². The van der Waals surface area contributed by atoms with Gasteiger partial charge in [-0.3, -0.25) is 19.3 Å². The van der Waals surface area contributed by atoms with Crippen LogP contribution < -0.4 is 10.2 Å². The zero-order chi connectivity index (χ0) is 20.6. The average Bonchev–Trinajstić information content (AvgIpc) is 3.52. The highest BCUT2D eigenvalue weighted by Crippen LogP contribution is 2.65. The van der Waals surface area contributed by atoms with E-state index in [0.717, 1.165) is 6.42 Å². The smallest absolute Gasteiger partial charge is 0.255 e. The number of hydrogen-bond donors (Lipinski definition) is 1. The molecule has 0 spiro atoms.